The van der Waals surface area contributed by atoms with Gasteiger partial charge in [-0.1, -0.05) is 18.2 Å². The van der Waals surface area contributed by atoms with Gasteiger partial charge in [0.15, 0.2) is 0 Å². The van der Waals surface area contributed by atoms with Crippen LogP contribution in [0.25, 0.3) is 22.2 Å². The van der Waals surface area contributed by atoms with E-state index in [1.54, 1.807) is 22.9 Å². The molecule has 2 aromatic heterocycles. The molecular weight excluding hydrogens is 466 g/mol. The van der Waals surface area contributed by atoms with E-state index in [0.29, 0.717) is 48.8 Å². The molecule has 0 bridgehead atoms. The largest absolute Gasteiger partial charge is 0.379 e. The Labute approximate surface area is 203 Å². The highest BCUT2D eigenvalue weighted by atomic mass is 32.2. The number of nitrogens with one attached hydrogen (secondary N) is 1. The summed E-state index contributed by atoms with van der Waals surface area (Å²) in [6, 6.07) is 15.4. The van der Waals surface area contributed by atoms with E-state index >= 15 is 0 Å². The smallest absolute Gasteiger partial charge is 0.256 e. The van der Waals surface area contributed by atoms with Gasteiger partial charge < -0.3 is 10.1 Å². The minimum absolute atomic E-state index is 0.182. The summed E-state index contributed by atoms with van der Waals surface area (Å²) in [5, 5.41) is 8.00. The zero-order chi connectivity index (χ0) is 24.6. The molecule has 1 aliphatic heterocycles. The van der Waals surface area contributed by atoms with E-state index in [2.05, 4.69) is 10.4 Å². The van der Waals surface area contributed by atoms with Gasteiger partial charge in [-0.05, 0) is 43.3 Å². The Morgan fingerprint density at radius 2 is 1.77 bits per heavy atom. The number of para-hydroxylation sites is 1. The van der Waals surface area contributed by atoms with Crippen LogP contribution in [-0.2, 0) is 21.8 Å². The highest BCUT2D eigenvalue weighted by Crippen LogP contribution is 2.27. The van der Waals surface area contributed by atoms with Crippen molar-refractivity contribution < 1.29 is 17.9 Å². The average Bonchev–Trinajstić information content (AvgIpc) is 3.22. The highest BCUT2D eigenvalue weighted by molar-refractivity contribution is 7.89. The Morgan fingerprint density at radius 3 is 2.46 bits per heavy atom. The van der Waals surface area contributed by atoms with Crippen molar-refractivity contribution >= 4 is 32.5 Å². The second-order valence-electron chi connectivity index (χ2n) is 8.37. The minimum Gasteiger partial charge on any atom is -0.379 e. The molecule has 35 heavy (non-hydrogen) atoms. The van der Waals surface area contributed by atoms with Crippen LogP contribution in [0.1, 0.15) is 16.1 Å². The molecule has 1 amide bonds. The SMILES string of the molecule is Cc1nn(C)cc1-c1cc(C(=O)Nc2ccc(S(=O)(=O)N3CCOCC3)cc2)c2ccccc2n1. The number of hydrogen-bond acceptors (Lipinski definition) is 6. The first kappa shape index (κ1) is 23.2. The van der Waals surface area contributed by atoms with Crippen molar-refractivity contribution in [3.05, 3.63) is 72.1 Å². The van der Waals surface area contributed by atoms with Crippen molar-refractivity contribution in [3.63, 3.8) is 0 Å². The van der Waals surface area contributed by atoms with Gasteiger partial charge in [0.05, 0.1) is 40.6 Å². The molecule has 0 radical (unpaired) electrons. The summed E-state index contributed by atoms with van der Waals surface area (Å²) in [6.45, 7) is 3.32. The van der Waals surface area contributed by atoms with Crippen molar-refractivity contribution in [2.24, 2.45) is 7.05 Å². The standard InChI is InChI=1S/C25H25N5O4S/c1-17-22(16-29(2)28-17)24-15-21(20-5-3-4-6-23(20)27-24)25(31)26-18-7-9-19(10-8-18)35(32,33)30-11-13-34-14-12-30/h3-10,15-16H,11-14H2,1-2H3,(H,26,31). The number of ether oxygens (including phenoxy) is 1. The Balaban J connectivity index is 1.44. The molecule has 180 valence electrons. The van der Waals surface area contributed by atoms with E-state index in [1.807, 2.05) is 44.4 Å². The number of nitrogens with zero attached hydrogens (tertiary/aromatic N) is 4. The molecule has 4 aromatic rings. The Morgan fingerprint density at radius 1 is 1.06 bits per heavy atom. The van der Waals surface area contributed by atoms with E-state index in [0.717, 1.165) is 16.6 Å². The number of pyridine rings is 1. The lowest BCUT2D eigenvalue weighted by Crippen LogP contribution is -2.40. The molecule has 0 unspecified atom stereocenters. The van der Waals surface area contributed by atoms with Crippen LogP contribution in [0.4, 0.5) is 5.69 Å². The van der Waals surface area contributed by atoms with Crippen molar-refractivity contribution in [1.29, 1.82) is 0 Å². The third kappa shape index (κ3) is 4.55. The van der Waals surface area contributed by atoms with Crippen LogP contribution in [0.2, 0.25) is 0 Å². The van der Waals surface area contributed by atoms with Crippen LogP contribution < -0.4 is 5.32 Å². The van der Waals surface area contributed by atoms with Gasteiger partial charge in [-0.2, -0.15) is 9.40 Å². The molecule has 0 spiro atoms. The first-order chi connectivity index (χ1) is 16.8. The van der Waals surface area contributed by atoms with Crippen LogP contribution in [0.15, 0.2) is 65.7 Å². The van der Waals surface area contributed by atoms with E-state index < -0.39 is 10.0 Å². The number of hydrogen-bond donors (Lipinski definition) is 1. The molecule has 1 fully saturated rings. The van der Waals surface area contributed by atoms with Crippen molar-refractivity contribution in [2.45, 2.75) is 11.8 Å². The van der Waals surface area contributed by atoms with Crippen LogP contribution in [-0.4, -0.2) is 59.7 Å². The Hall–Kier alpha value is -3.60. The van der Waals surface area contributed by atoms with E-state index in [9.17, 15) is 13.2 Å². The summed E-state index contributed by atoms with van der Waals surface area (Å²) < 4.78 is 34.1. The zero-order valence-electron chi connectivity index (χ0n) is 19.4. The van der Waals surface area contributed by atoms with Gasteiger partial charge in [0.25, 0.3) is 5.91 Å². The minimum atomic E-state index is -3.60. The van der Waals surface area contributed by atoms with E-state index in [4.69, 9.17) is 9.72 Å². The third-order valence-electron chi connectivity index (χ3n) is 5.97. The van der Waals surface area contributed by atoms with Crippen molar-refractivity contribution in [3.8, 4) is 11.3 Å². The number of benzene rings is 2. The summed E-state index contributed by atoms with van der Waals surface area (Å²) in [4.78, 5) is 18.3. The van der Waals surface area contributed by atoms with Crippen LogP contribution in [0.5, 0.6) is 0 Å². The van der Waals surface area contributed by atoms with E-state index in [-0.39, 0.29) is 10.8 Å². The fourth-order valence-corrected chi connectivity index (χ4v) is 5.60. The summed E-state index contributed by atoms with van der Waals surface area (Å²) >= 11 is 0. The maximum absolute atomic E-state index is 13.3. The fourth-order valence-electron chi connectivity index (χ4n) is 4.20. The first-order valence-corrected chi connectivity index (χ1v) is 12.7. The molecule has 9 nitrogen and oxygen atoms in total. The second kappa shape index (κ2) is 9.21. The molecule has 5 rings (SSSR count). The lowest BCUT2D eigenvalue weighted by Gasteiger charge is -2.26. The summed E-state index contributed by atoms with van der Waals surface area (Å²) in [7, 11) is -1.76. The Bertz CT molecular complexity index is 1510. The molecule has 0 saturated carbocycles. The monoisotopic (exact) mass is 491 g/mol. The zero-order valence-corrected chi connectivity index (χ0v) is 20.2. The lowest BCUT2D eigenvalue weighted by molar-refractivity contribution is 0.0730. The Kier molecular flexibility index (Phi) is 6.10. The number of rotatable bonds is 5. The molecule has 1 saturated heterocycles. The molecule has 3 heterocycles. The van der Waals surface area contributed by atoms with Gasteiger partial charge in [-0.15, -0.1) is 0 Å². The number of aryl methyl sites for hydroxylation is 2. The van der Waals surface area contributed by atoms with Gasteiger partial charge in [-0.25, -0.2) is 13.4 Å². The molecule has 10 heteroatoms. The maximum atomic E-state index is 13.3. The number of anilines is 1. The van der Waals surface area contributed by atoms with Gasteiger partial charge in [-0.3, -0.25) is 9.48 Å². The molecule has 0 atom stereocenters. The van der Waals surface area contributed by atoms with Crippen LogP contribution in [0, 0.1) is 6.92 Å². The topological polar surface area (TPSA) is 106 Å². The number of morpholine rings is 1. The molecule has 1 N–H and O–H groups in total. The fraction of sp³-hybridized carbons (Fsp3) is 0.240. The number of amides is 1. The number of carbonyl (C=O) groups is 1. The van der Waals surface area contributed by atoms with Gasteiger partial charge >= 0.3 is 0 Å². The predicted molar refractivity (Wildman–Crippen MR) is 133 cm³/mol. The van der Waals surface area contributed by atoms with Crippen molar-refractivity contribution in [2.75, 3.05) is 31.6 Å². The number of fused-ring (bicyclic) bond motifs is 1. The van der Waals surface area contributed by atoms with Crippen molar-refractivity contribution in [1.82, 2.24) is 19.1 Å². The predicted octanol–water partition coefficient (Wildman–Crippen LogP) is 3.22. The van der Waals surface area contributed by atoms with Crippen LogP contribution in [0.3, 0.4) is 0 Å². The lowest BCUT2D eigenvalue weighted by atomic mass is 10.0. The number of sulfonamides is 1. The molecular formula is C25H25N5O4S. The average molecular weight is 492 g/mol. The van der Waals surface area contributed by atoms with Gasteiger partial charge in [0.1, 0.15) is 0 Å². The quantitative estimate of drug-likeness (QED) is 0.460. The molecule has 2 aromatic carbocycles. The number of aromatic nitrogens is 3. The molecule has 1 aliphatic rings. The first-order valence-electron chi connectivity index (χ1n) is 11.2. The third-order valence-corrected chi connectivity index (χ3v) is 7.88. The van der Waals surface area contributed by atoms with E-state index in [1.165, 1.54) is 16.4 Å². The van der Waals surface area contributed by atoms with Gasteiger partial charge in [0.2, 0.25) is 10.0 Å². The van der Waals surface area contributed by atoms with Crippen LogP contribution >= 0.6 is 0 Å². The maximum Gasteiger partial charge on any atom is 0.256 e. The summed E-state index contributed by atoms with van der Waals surface area (Å²) in [6.07, 6.45) is 1.88. The number of carbonyl (C=O) groups excluding carboxylic acids is 1. The highest BCUT2D eigenvalue weighted by Gasteiger charge is 2.26. The summed E-state index contributed by atoms with van der Waals surface area (Å²) in [5.41, 5.74) is 4.00. The summed E-state index contributed by atoms with van der Waals surface area (Å²) in [5.74, 6) is -0.310. The normalized spacial score (nSPS) is 14.8. The molecule has 0 aliphatic carbocycles. The second-order valence-corrected chi connectivity index (χ2v) is 10.3. The van der Waals surface area contributed by atoms with Gasteiger partial charge in [0, 0.05) is 43.0 Å².